The molecule has 2 aromatic rings. The Morgan fingerprint density at radius 1 is 1.45 bits per heavy atom. The smallest absolute Gasteiger partial charge is 0.275 e. The van der Waals surface area contributed by atoms with Gasteiger partial charge in [0, 0.05) is 36.8 Å². The number of carbonyl (C=O) groups excluding carboxylic acids is 1. The first-order chi connectivity index (χ1) is 9.61. The number of aromatic nitrogens is 1. The zero-order valence-electron chi connectivity index (χ0n) is 11.4. The fourth-order valence-electron chi connectivity index (χ4n) is 1.73. The van der Waals surface area contributed by atoms with Gasteiger partial charge in [0.1, 0.15) is 0 Å². The van der Waals surface area contributed by atoms with E-state index in [0.29, 0.717) is 23.0 Å². The first-order valence-electron chi connectivity index (χ1n) is 6.24. The van der Waals surface area contributed by atoms with Crippen molar-refractivity contribution in [2.75, 3.05) is 27.2 Å². The summed E-state index contributed by atoms with van der Waals surface area (Å²) in [6.07, 6.45) is 0. The Bertz CT molecular complexity index is 598. The number of rotatable bonds is 5. The number of hydrogen-bond donors (Lipinski definition) is 1. The van der Waals surface area contributed by atoms with Crippen molar-refractivity contribution in [3.8, 4) is 11.3 Å². The Morgan fingerprint density at radius 3 is 2.95 bits per heavy atom. The van der Waals surface area contributed by atoms with Gasteiger partial charge in [0.05, 0.1) is 0 Å². The van der Waals surface area contributed by atoms with E-state index < -0.39 is 0 Å². The lowest BCUT2D eigenvalue weighted by molar-refractivity contribution is 0.0786. The van der Waals surface area contributed by atoms with Crippen LogP contribution in [0.1, 0.15) is 10.5 Å². The molecular weight excluding hydrogens is 278 g/mol. The van der Waals surface area contributed by atoms with Gasteiger partial charge >= 0.3 is 0 Å². The molecule has 1 aromatic heterocycles. The number of likely N-dealkylation sites (N-methyl/N-ethyl adjacent to an activating group) is 2. The zero-order valence-corrected chi connectivity index (χ0v) is 12.1. The molecule has 0 unspecified atom stereocenters. The van der Waals surface area contributed by atoms with Crippen LogP contribution in [0.4, 0.5) is 0 Å². The summed E-state index contributed by atoms with van der Waals surface area (Å²) in [7, 11) is 3.57. The summed E-state index contributed by atoms with van der Waals surface area (Å²) in [6, 6.07) is 8.84. The Hall–Kier alpha value is -1.85. The van der Waals surface area contributed by atoms with Gasteiger partial charge in [-0.25, -0.2) is 0 Å². The molecule has 0 aliphatic heterocycles. The molecule has 0 spiro atoms. The molecule has 6 heteroatoms. The highest BCUT2D eigenvalue weighted by Gasteiger charge is 2.17. The van der Waals surface area contributed by atoms with Gasteiger partial charge < -0.3 is 14.7 Å². The molecule has 1 aromatic carbocycles. The van der Waals surface area contributed by atoms with Gasteiger partial charge in [0.2, 0.25) is 0 Å². The highest BCUT2D eigenvalue weighted by atomic mass is 35.5. The molecule has 20 heavy (non-hydrogen) atoms. The van der Waals surface area contributed by atoms with Gasteiger partial charge in [-0.15, -0.1) is 0 Å². The predicted octanol–water partition coefficient (Wildman–Crippen LogP) is 2.29. The number of amides is 1. The second-order valence-electron chi connectivity index (χ2n) is 4.42. The number of hydrogen-bond acceptors (Lipinski definition) is 4. The lowest BCUT2D eigenvalue weighted by Crippen LogP contribution is -2.32. The summed E-state index contributed by atoms with van der Waals surface area (Å²) in [5, 5.41) is 7.42. The minimum Gasteiger partial charge on any atom is -0.355 e. The van der Waals surface area contributed by atoms with Crippen LogP contribution >= 0.6 is 11.6 Å². The summed E-state index contributed by atoms with van der Waals surface area (Å²) < 4.78 is 5.21. The van der Waals surface area contributed by atoms with E-state index in [1.54, 1.807) is 30.1 Å². The van der Waals surface area contributed by atoms with Crippen molar-refractivity contribution in [3.63, 3.8) is 0 Å². The Morgan fingerprint density at radius 2 is 2.25 bits per heavy atom. The Kier molecular flexibility index (Phi) is 4.76. The third kappa shape index (κ3) is 3.37. The zero-order chi connectivity index (χ0) is 14.5. The van der Waals surface area contributed by atoms with Crippen LogP contribution in [0.15, 0.2) is 34.9 Å². The fourth-order valence-corrected chi connectivity index (χ4v) is 1.92. The molecule has 0 saturated heterocycles. The van der Waals surface area contributed by atoms with Gasteiger partial charge in [-0.05, 0) is 19.2 Å². The molecular formula is C14H16ClN3O2. The molecule has 0 aliphatic rings. The van der Waals surface area contributed by atoms with Crippen molar-refractivity contribution >= 4 is 17.5 Å². The lowest BCUT2D eigenvalue weighted by Gasteiger charge is -2.14. The minimum atomic E-state index is -0.169. The van der Waals surface area contributed by atoms with Crippen molar-refractivity contribution in [1.82, 2.24) is 15.4 Å². The highest BCUT2D eigenvalue weighted by molar-refractivity contribution is 6.30. The maximum Gasteiger partial charge on any atom is 0.275 e. The summed E-state index contributed by atoms with van der Waals surface area (Å²) in [5.74, 6) is 0.357. The van der Waals surface area contributed by atoms with E-state index in [2.05, 4.69) is 10.5 Å². The Labute approximate surface area is 122 Å². The third-order valence-electron chi connectivity index (χ3n) is 2.88. The van der Waals surface area contributed by atoms with E-state index >= 15 is 0 Å². The highest BCUT2D eigenvalue weighted by Crippen LogP contribution is 2.23. The molecule has 0 fully saturated rings. The van der Waals surface area contributed by atoms with Crippen LogP contribution in [-0.2, 0) is 0 Å². The molecule has 106 valence electrons. The molecule has 0 saturated carbocycles. The summed E-state index contributed by atoms with van der Waals surface area (Å²) in [6.45, 7) is 1.33. The van der Waals surface area contributed by atoms with E-state index in [4.69, 9.17) is 16.1 Å². The van der Waals surface area contributed by atoms with Crippen molar-refractivity contribution in [1.29, 1.82) is 0 Å². The summed E-state index contributed by atoms with van der Waals surface area (Å²) in [4.78, 5) is 13.7. The average Bonchev–Trinajstić information content (AvgIpc) is 2.93. The van der Waals surface area contributed by atoms with Gasteiger partial charge in [0.25, 0.3) is 5.91 Å². The van der Waals surface area contributed by atoms with Crippen molar-refractivity contribution in [3.05, 3.63) is 41.0 Å². The van der Waals surface area contributed by atoms with E-state index in [1.165, 1.54) is 0 Å². The molecule has 1 heterocycles. The molecule has 1 N–H and O–H groups in total. The standard InChI is InChI=1S/C14H16ClN3O2/c1-16-6-7-18(2)14(19)12-9-13(20-17-12)10-4-3-5-11(15)8-10/h3-5,8-9,16H,6-7H2,1-2H3. The topological polar surface area (TPSA) is 58.4 Å². The molecule has 0 aliphatic carbocycles. The maximum absolute atomic E-state index is 12.1. The minimum absolute atomic E-state index is 0.169. The Balaban J connectivity index is 2.14. The molecule has 0 atom stereocenters. The number of nitrogens with one attached hydrogen (secondary N) is 1. The monoisotopic (exact) mass is 293 g/mol. The predicted molar refractivity (Wildman–Crippen MR) is 77.8 cm³/mol. The van der Waals surface area contributed by atoms with Crippen LogP contribution in [0.25, 0.3) is 11.3 Å². The molecule has 2 rings (SSSR count). The molecule has 0 radical (unpaired) electrons. The van der Waals surface area contributed by atoms with Crippen molar-refractivity contribution in [2.45, 2.75) is 0 Å². The average molecular weight is 294 g/mol. The quantitative estimate of drug-likeness (QED) is 0.919. The molecule has 0 bridgehead atoms. The van der Waals surface area contributed by atoms with Crippen LogP contribution in [0.3, 0.4) is 0 Å². The van der Waals surface area contributed by atoms with Gasteiger partial charge in [-0.3, -0.25) is 4.79 Å². The van der Waals surface area contributed by atoms with Crippen LogP contribution in [0.2, 0.25) is 5.02 Å². The van der Waals surface area contributed by atoms with E-state index in [9.17, 15) is 4.79 Å². The third-order valence-corrected chi connectivity index (χ3v) is 3.12. The lowest BCUT2D eigenvalue weighted by atomic mass is 10.1. The second kappa shape index (κ2) is 6.54. The first-order valence-corrected chi connectivity index (χ1v) is 6.62. The second-order valence-corrected chi connectivity index (χ2v) is 4.85. The van der Waals surface area contributed by atoms with Gasteiger partial charge in [-0.1, -0.05) is 28.9 Å². The van der Waals surface area contributed by atoms with Crippen LogP contribution in [0, 0.1) is 0 Å². The number of nitrogens with zero attached hydrogens (tertiary/aromatic N) is 2. The molecule has 5 nitrogen and oxygen atoms in total. The number of carbonyl (C=O) groups is 1. The van der Waals surface area contributed by atoms with E-state index in [1.807, 2.05) is 19.2 Å². The summed E-state index contributed by atoms with van der Waals surface area (Å²) >= 11 is 5.93. The van der Waals surface area contributed by atoms with E-state index in [0.717, 1.165) is 12.1 Å². The number of halogens is 1. The fraction of sp³-hybridized carbons (Fsp3) is 0.286. The normalized spacial score (nSPS) is 10.6. The van der Waals surface area contributed by atoms with E-state index in [-0.39, 0.29) is 5.91 Å². The van der Waals surface area contributed by atoms with Crippen LogP contribution in [0.5, 0.6) is 0 Å². The molecule has 1 amide bonds. The SMILES string of the molecule is CNCCN(C)C(=O)c1cc(-c2cccc(Cl)c2)on1. The summed E-state index contributed by atoms with van der Waals surface area (Å²) in [5.41, 5.74) is 1.08. The first kappa shape index (κ1) is 14.6. The van der Waals surface area contributed by atoms with Gasteiger partial charge in [-0.2, -0.15) is 0 Å². The van der Waals surface area contributed by atoms with Crippen molar-refractivity contribution in [2.24, 2.45) is 0 Å². The number of benzene rings is 1. The van der Waals surface area contributed by atoms with Crippen LogP contribution < -0.4 is 5.32 Å². The van der Waals surface area contributed by atoms with Crippen LogP contribution in [-0.4, -0.2) is 43.1 Å². The van der Waals surface area contributed by atoms with Gasteiger partial charge in [0.15, 0.2) is 11.5 Å². The maximum atomic E-state index is 12.1. The largest absolute Gasteiger partial charge is 0.355 e. The van der Waals surface area contributed by atoms with Crippen molar-refractivity contribution < 1.29 is 9.32 Å².